The Morgan fingerprint density at radius 2 is 1.81 bits per heavy atom. The summed E-state index contributed by atoms with van der Waals surface area (Å²) in [4.78, 5) is 19.1. The number of nitrogens with one attached hydrogen (secondary N) is 1. The van der Waals surface area contributed by atoms with Crippen LogP contribution in [0.1, 0.15) is 5.56 Å². The Bertz CT molecular complexity index is 934. The van der Waals surface area contributed by atoms with Crippen molar-refractivity contribution in [2.45, 2.75) is 0 Å². The Kier molecular flexibility index (Phi) is 3.38. The summed E-state index contributed by atoms with van der Waals surface area (Å²) in [7, 11) is 0. The first-order valence-corrected chi connectivity index (χ1v) is 6.74. The van der Waals surface area contributed by atoms with Gasteiger partial charge in [0.2, 0.25) is 0 Å². The van der Waals surface area contributed by atoms with E-state index in [9.17, 15) is 4.79 Å². The number of H-pyrrole nitrogens is 1. The van der Waals surface area contributed by atoms with Crippen LogP contribution in [0.25, 0.3) is 22.3 Å². The van der Waals surface area contributed by atoms with E-state index < -0.39 is 0 Å². The van der Waals surface area contributed by atoms with Gasteiger partial charge in [0.25, 0.3) is 5.56 Å². The SMILES string of the molecule is N#Cc1cc(Cl)c(-c2nc3ccccc3c(=O)[nH]2)c(Cl)c1. The summed E-state index contributed by atoms with van der Waals surface area (Å²) in [5.41, 5.74) is 1.02. The van der Waals surface area contributed by atoms with Gasteiger partial charge in [-0.05, 0) is 24.3 Å². The maximum absolute atomic E-state index is 12.1. The Morgan fingerprint density at radius 3 is 2.48 bits per heavy atom. The molecular formula is C15H7Cl2N3O. The monoisotopic (exact) mass is 315 g/mol. The molecular weight excluding hydrogens is 309 g/mol. The van der Waals surface area contributed by atoms with Crippen molar-refractivity contribution >= 4 is 34.1 Å². The van der Waals surface area contributed by atoms with Crippen molar-refractivity contribution < 1.29 is 0 Å². The summed E-state index contributed by atoms with van der Waals surface area (Å²) in [5.74, 6) is 0.276. The third-order valence-corrected chi connectivity index (χ3v) is 3.62. The summed E-state index contributed by atoms with van der Waals surface area (Å²) < 4.78 is 0. The zero-order valence-corrected chi connectivity index (χ0v) is 12.0. The fraction of sp³-hybridized carbons (Fsp3) is 0. The number of aromatic nitrogens is 2. The van der Waals surface area contributed by atoms with Gasteiger partial charge in [0.05, 0.1) is 38.1 Å². The standard InChI is InChI=1S/C15H7Cl2N3O/c16-10-5-8(7-18)6-11(17)13(10)14-19-12-4-2-1-3-9(12)15(21)20-14/h1-6H,(H,19,20,21). The van der Waals surface area contributed by atoms with Crippen molar-refractivity contribution in [3.05, 3.63) is 62.4 Å². The Hall–Kier alpha value is -2.35. The zero-order valence-electron chi connectivity index (χ0n) is 10.5. The number of benzene rings is 2. The quantitative estimate of drug-likeness (QED) is 0.743. The minimum absolute atomic E-state index is 0.262. The van der Waals surface area contributed by atoms with Gasteiger partial charge >= 0.3 is 0 Å². The Morgan fingerprint density at radius 1 is 1.14 bits per heavy atom. The number of nitriles is 1. The summed E-state index contributed by atoms with van der Waals surface area (Å²) in [6.45, 7) is 0. The van der Waals surface area contributed by atoms with Gasteiger partial charge in [-0.3, -0.25) is 4.79 Å². The van der Waals surface area contributed by atoms with Gasteiger partial charge in [0.1, 0.15) is 5.82 Å². The smallest absolute Gasteiger partial charge is 0.259 e. The van der Waals surface area contributed by atoms with Crippen LogP contribution in [0.5, 0.6) is 0 Å². The fourth-order valence-electron chi connectivity index (χ4n) is 2.07. The molecule has 0 fully saturated rings. The van der Waals surface area contributed by atoms with E-state index in [1.54, 1.807) is 24.3 Å². The number of aromatic amines is 1. The number of hydrogen-bond acceptors (Lipinski definition) is 3. The normalized spacial score (nSPS) is 10.5. The number of rotatable bonds is 1. The van der Waals surface area contributed by atoms with Crippen LogP contribution in [0.4, 0.5) is 0 Å². The molecule has 102 valence electrons. The first kappa shape index (κ1) is 13.6. The number of para-hydroxylation sites is 1. The van der Waals surface area contributed by atoms with Gasteiger partial charge in [-0.1, -0.05) is 35.3 Å². The van der Waals surface area contributed by atoms with E-state index in [0.29, 0.717) is 22.0 Å². The molecule has 0 unspecified atom stereocenters. The van der Waals surface area contributed by atoms with Crippen LogP contribution in [0.3, 0.4) is 0 Å². The number of fused-ring (bicyclic) bond motifs is 1. The molecule has 1 heterocycles. The summed E-state index contributed by atoms with van der Waals surface area (Å²) >= 11 is 12.3. The average Bonchev–Trinajstić information content (AvgIpc) is 2.46. The molecule has 0 bridgehead atoms. The van der Waals surface area contributed by atoms with Gasteiger partial charge in [-0.15, -0.1) is 0 Å². The second-order valence-corrected chi connectivity index (χ2v) is 5.17. The van der Waals surface area contributed by atoms with Crippen LogP contribution in [-0.4, -0.2) is 9.97 Å². The molecule has 1 aromatic heterocycles. The molecule has 0 radical (unpaired) electrons. The van der Waals surface area contributed by atoms with Crippen molar-refractivity contribution in [2.75, 3.05) is 0 Å². The number of hydrogen-bond donors (Lipinski definition) is 1. The highest BCUT2D eigenvalue weighted by Gasteiger charge is 2.14. The lowest BCUT2D eigenvalue weighted by Gasteiger charge is -2.08. The van der Waals surface area contributed by atoms with Gasteiger partial charge in [-0.2, -0.15) is 5.26 Å². The van der Waals surface area contributed by atoms with Crippen molar-refractivity contribution in [3.8, 4) is 17.5 Å². The Balaban J connectivity index is 2.32. The third kappa shape index (κ3) is 2.38. The average molecular weight is 316 g/mol. The van der Waals surface area contributed by atoms with E-state index in [4.69, 9.17) is 28.5 Å². The zero-order chi connectivity index (χ0) is 15.0. The molecule has 0 aliphatic rings. The van der Waals surface area contributed by atoms with Crippen LogP contribution < -0.4 is 5.56 Å². The summed E-state index contributed by atoms with van der Waals surface area (Å²) in [6.07, 6.45) is 0. The molecule has 0 aliphatic carbocycles. The summed E-state index contributed by atoms with van der Waals surface area (Å²) in [6, 6.07) is 11.9. The van der Waals surface area contributed by atoms with E-state index in [0.717, 1.165) is 0 Å². The van der Waals surface area contributed by atoms with Crippen LogP contribution in [0.15, 0.2) is 41.2 Å². The second kappa shape index (κ2) is 5.21. The number of halogens is 2. The highest BCUT2D eigenvalue weighted by Crippen LogP contribution is 2.33. The highest BCUT2D eigenvalue weighted by molar-refractivity contribution is 6.39. The number of nitrogens with zero attached hydrogens (tertiary/aromatic N) is 2. The molecule has 0 saturated carbocycles. The topological polar surface area (TPSA) is 69.5 Å². The van der Waals surface area contributed by atoms with Crippen molar-refractivity contribution in [1.82, 2.24) is 9.97 Å². The third-order valence-electron chi connectivity index (χ3n) is 3.02. The van der Waals surface area contributed by atoms with Crippen LogP contribution in [0, 0.1) is 11.3 Å². The molecule has 21 heavy (non-hydrogen) atoms. The van der Waals surface area contributed by atoms with E-state index in [1.165, 1.54) is 12.1 Å². The first-order valence-electron chi connectivity index (χ1n) is 5.98. The maximum atomic E-state index is 12.1. The molecule has 0 atom stereocenters. The van der Waals surface area contributed by atoms with E-state index >= 15 is 0 Å². The molecule has 0 saturated heterocycles. The molecule has 3 aromatic rings. The second-order valence-electron chi connectivity index (χ2n) is 4.36. The molecule has 0 spiro atoms. The molecule has 1 N–H and O–H groups in total. The molecule has 0 aliphatic heterocycles. The highest BCUT2D eigenvalue weighted by atomic mass is 35.5. The minimum Gasteiger partial charge on any atom is -0.306 e. The molecule has 0 amide bonds. The van der Waals surface area contributed by atoms with Crippen molar-refractivity contribution in [3.63, 3.8) is 0 Å². The maximum Gasteiger partial charge on any atom is 0.259 e. The van der Waals surface area contributed by atoms with Crippen LogP contribution in [0.2, 0.25) is 10.0 Å². The van der Waals surface area contributed by atoms with Gasteiger partial charge in [-0.25, -0.2) is 4.98 Å². The van der Waals surface area contributed by atoms with E-state index in [-0.39, 0.29) is 21.4 Å². The Labute approximate surface area is 129 Å². The van der Waals surface area contributed by atoms with E-state index in [1.807, 2.05) is 6.07 Å². The van der Waals surface area contributed by atoms with Gasteiger partial charge in [0, 0.05) is 0 Å². The lowest BCUT2D eigenvalue weighted by molar-refractivity contribution is 1.18. The largest absolute Gasteiger partial charge is 0.306 e. The van der Waals surface area contributed by atoms with Crippen molar-refractivity contribution in [1.29, 1.82) is 5.26 Å². The summed E-state index contributed by atoms with van der Waals surface area (Å²) in [5, 5.41) is 9.90. The van der Waals surface area contributed by atoms with Crippen molar-refractivity contribution in [2.24, 2.45) is 0 Å². The molecule has 3 rings (SSSR count). The predicted molar refractivity (Wildman–Crippen MR) is 82.5 cm³/mol. The minimum atomic E-state index is -0.271. The van der Waals surface area contributed by atoms with E-state index in [2.05, 4.69) is 9.97 Å². The molecule has 6 heteroatoms. The van der Waals surface area contributed by atoms with Crippen LogP contribution >= 0.6 is 23.2 Å². The fourth-order valence-corrected chi connectivity index (χ4v) is 2.73. The lowest BCUT2D eigenvalue weighted by atomic mass is 10.1. The van der Waals surface area contributed by atoms with Gasteiger partial charge in [0.15, 0.2) is 0 Å². The molecule has 4 nitrogen and oxygen atoms in total. The molecule has 2 aromatic carbocycles. The lowest BCUT2D eigenvalue weighted by Crippen LogP contribution is -2.09. The van der Waals surface area contributed by atoms with Gasteiger partial charge < -0.3 is 4.98 Å². The first-order chi connectivity index (χ1) is 10.1. The predicted octanol–water partition coefficient (Wildman–Crippen LogP) is 3.77. The van der Waals surface area contributed by atoms with Crippen LogP contribution in [-0.2, 0) is 0 Å².